The van der Waals surface area contributed by atoms with Gasteiger partial charge in [0.2, 0.25) is 5.78 Å². The quantitative estimate of drug-likeness (QED) is 0.207. The van der Waals surface area contributed by atoms with Crippen LogP contribution in [0.15, 0.2) is 64.3 Å². The molecule has 0 atom stereocenters. The Hall–Kier alpha value is -3.71. The molecule has 13 heteroatoms. The summed E-state index contributed by atoms with van der Waals surface area (Å²) in [6.07, 6.45) is 3.32. The average molecular weight is 579 g/mol. The number of urea groups is 1. The van der Waals surface area contributed by atoms with Crippen molar-refractivity contribution < 1.29 is 28.0 Å². The van der Waals surface area contributed by atoms with Crippen LogP contribution in [0.5, 0.6) is 0 Å². The zero-order chi connectivity index (χ0) is 26.5. The Morgan fingerprint density at radius 2 is 1.81 bits per heavy atom. The van der Waals surface area contributed by atoms with Crippen molar-refractivity contribution in [2.45, 2.75) is 19.4 Å². The first-order valence-corrected chi connectivity index (χ1v) is 12.0. The number of hydroxylamine groups is 1. The van der Waals surface area contributed by atoms with E-state index in [1.165, 1.54) is 30.6 Å². The maximum atomic E-state index is 13.4. The van der Waals surface area contributed by atoms with Crippen molar-refractivity contribution in [1.82, 2.24) is 20.2 Å². The van der Waals surface area contributed by atoms with Crippen molar-refractivity contribution in [2.24, 2.45) is 10.9 Å². The number of benzene rings is 2. The lowest BCUT2D eigenvalue weighted by Crippen LogP contribution is -2.44. The molecule has 0 spiro atoms. The zero-order valence-electron chi connectivity index (χ0n) is 19.2. The summed E-state index contributed by atoms with van der Waals surface area (Å²) in [5, 5.41) is 15.8. The Bertz CT molecular complexity index is 1310. The van der Waals surface area contributed by atoms with E-state index in [-0.39, 0.29) is 22.0 Å². The highest BCUT2D eigenvalue weighted by Crippen LogP contribution is 2.25. The number of Topliss-reactive ketones (excluding diaryl/α,β-unsaturated/α-hetero) is 1. The molecule has 37 heavy (non-hydrogen) atoms. The maximum Gasteiger partial charge on any atom is 0.333 e. The number of likely N-dealkylation sites (tertiary alicyclic amines) is 1. The van der Waals surface area contributed by atoms with Gasteiger partial charge < -0.3 is 10.2 Å². The third-order valence-corrected chi connectivity index (χ3v) is 6.52. The number of aliphatic imine (C=N–C) groups is 1. The second-order valence-corrected chi connectivity index (χ2v) is 9.14. The zero-order valence-corrected chi connectivity index (χ0v) is 20.8. The molecule has 194 valence electrons. The highest BCUT2D eigenvalue weighted by atomic mass is 79.9. The fourth-order valence-corrected chi connectivity index (χ4v) is 4.27. The Morgan fingerprint density at radius 1 is 1.11 bits per heavy atom. The van der Waals surface area contributed by atoms with Crippen molar-refractivity contribution >= 4 is 45.0 Å². The molecule has 0 bridgehead atoms. The smallest absolute Gasteiger partial charge is 0.324 e. The molecule has 1 aliphatic heterocycles. The summed E-state index contributed by atoms with van der Waals surface area (Å²) in [5.74, 6) is -1.61. The molecule has 3 N–H and O–H groups in total. The number of carbonyl (C=O) groups is 2. The normalized spacial score (nSPS) is 14.6. The molecule has 0 saturated carbocycles. The summed E-state index contributed by atoms with van der Waals surface area (Å²) in [5.41, 5.74) is 3.83. The number of amides is 2. The predicted octanol–water partition coefficient (Wildman–Crippen LogP) is 5.37. The molecule has 0 unspecified atom stereocenters. The molecule has 0 radical (unpaired) electrons. The minimum Gasteiger partial charge on any atom is -0.324 e. The standard InChI is InChI=1S/C24H22BrF3N6O3/c25-19-11-18(5-6-20(19)26)30-22(32-37)21(35)15-7-9-33(10-8-15)24(36)31-17-3-1-14(2-4-17)16-12-29-34(13-16)23(27)28/h1-6,11-13,15,23,37H,7-10H2,(H,30,32)(H,31,36). The minimum absolute atomic E-state index is 0.176. The third kappa shape index (κ3) is 6.35. The lowest BCUT2D eigenvalue weighted by molar-refractivity contribution is -0.118. The topological polar surface area (TPSA) is 112 Å². The molecule has 1 fully saturated rings. The Kier molecular flexibility index (Phi) is 8.24. The number of hydrogen-bond donors (Lipinski definition) is 3. The van der Waals surface area contributed by atoms with E-state index in [1.54, 1.807) is 29.2 Å². The Morgan fingerprint density at radius 3 is 2.41 bits per heavy atom. The first-order valence-electron chi connectivity index (χ1n) is 11.2. The molecular formula is C24H22BrF3N6O3. The van der Waals surface area contributed by atoms with Crippen LogP contribution in [-0.4, -0.2) is 50.6 Å². The van der Waals surface area contributed by atoms with E-state index in [0.29, 0.717) is 47.4 Å². The number of ketones is 1. The summed E-state index contributed by atoms with van der Waals surface area (Å²) >= 11 is 3.05. The molecule has 2 heterocycles. The van der Waals surface area contributed by atoms with Crippen molar-refractivity contribution in [3.8, 4) is 11.1 Å². The highest BCUT2D eigenvalue weighted by molar-refractivity contribution is 9.10. The average Bonchev–Trinajstić information content (AvgIpc) is 3.40. The van der Waals surface area contributed by atoms with Crippen LogP contribution in [0.3, 0.4) is 0 Å². The number of piperidine rings is 1. The van der Waals surface area contributed by atoms with Crippen molar-refractivity contribution in [2.75, 3.05) is 18.4 Å². The SMILES string of the molecule is O=C(C(=Nc1ccc(F)c(Br)c1)NO)C1CCN(C(=O)Nc2ccc(-c3cnn(C(F)F)c3)cc2)CC1. The van der Waals surface area contributed by atoms with Gasteiger partial charge in [0, 0.05) is 36.5 Å². The molecule has 0 aliphatic carbocycles. The van der Waals surface area contributed by atoms with Gasteiger partial charge in [-0.1, -0.05) is 12.1 Å². The fraction of sp³-hybridized carbons (Fsp3) is 0.250. The van der Waals surface area contributed by atoms with Gasteiger partial charge in [0.1, 0.15) is 5.82 Å². The van der Waals surface area contributed by atoms with Gasteiger partial charge in [-0.05, 0) is 64.7 Å². The summed E-state index contributed by atoms with van der Waals surface area (Å²) in [7, 11) is 0. The number of rotatable bonds is 6. The number of carbonyl (C=O) groups excluding carboxylic acids is 2. The lowest BCUT2D eigenvalue weighted by atomic mass is 9.92. The minimum atomic E-state index is -2.72. The molecular weight excluding hydrogens is 557 g/mol. The van der Waals surface area contributed by atoms with Gasteiger partial charge in [0.15, 0.2) is 5.84 Å². The number of halogens is 4. The molecule has 4 rings (SSSR count). The van der Waals surface area contributed by atoms with Gasteiger partial charge in [-0.3, -0.25) is 10.0 Å². The van der Waals surface area contributed by atoms with Gasteiger partial charge in [-0.25, -0.2) is 24.3 Å². The van der Waals surface area contributed by atoms with Crippen LogP contribution in [0, 0.1) is 11.7 Å². The number of nitrogens with zero attached hydrogens (tertiary/aromatic N) is 4. The van der Waals surface area contributed by atoms with E-state index in [2.05, 4.69) is 31.3 Å². The third-order valence-electron chi connectivity index (χ3n) is 5.91. The summed E-state index contributed by atoms with van der Waals surface area (Å²) < 4.78 is 39.6. The Balaban J connectivity index is 1.32. The number of nitrogens with one attached hydrogen (secondary N) is 2. The second kappa shape index (κ2) is 11.6. The Labute approximate surface area is 218 Å². The van der Waals surface area contributed by atoms with E-state index < -0.39 is 24.1 Å². The van der Waals surface area contributed by atoms with Crippen molar-refractivity contribution in [1.29, 1.82) is 0 Å². The largest absolute Gasteiger partial charge is 0.333 e. The van der Waals surface area contributed by atoms with E-state index >= 15 is 0 Å². The molecule has 2 amide bonds. The highest BCUT2D eigenvalue weighted by Gasteiger charge is 2.30. The van der Waals surface area contributed by atoms with Gasteiger partial charge in [0.05, 0.1) is 16.4 Å². The summed E-state index contributed by atoms with van der Waals surface area (Å²) in [4.78, 5) is 31.2. The number of alkyl halides is 2. The number of aromatic nitrogens is 2. The van der Waals surface area contributed by atoms with Crippen LogP contribution in [0.2, 0.25) is 0 Å². The molecule has 9 nitrogen and oxygen atoms in total. The van der Waals surface area contributed by atoms with Gasteiger partial charge in [-0.15, -0.1) is 0 Å². The van der Waals surface area contributed by atoms with Crippen LogP contribution in [0.1, 0.15) is 19.4 Å². The molecule has 1 aliphatic rings. The summed E-state index contributed by atoms with van der Waals surface area (Å²) in [6.45, 7) is -2.09. The van der Waals surface area contributed by atoms with Crippen LogP contribution < -0.4 is 10.8 Å². The van der Waals surface area contributed by atoms with Crippen LogP contribution in [-0.2, 0) is 4.79 Å². The lowest BCUT2D eigenvalue weighted by Gasteiger charge is -2.31. The van der Waals surface area contributed by atoms with E-state index in [0.717, 1.165) is 0 Å². The summed E-state index contributed by atoms with van der Waals surface area (Å²) in [6, 6.07) is 10.3. The number of hydrogen-bond acceptors (Lipinski definition) is 5. The second-order valence-electron chi connectivity index (χ2n) is 8.29. The fourth-order valence-electron chi connectivity index (χ4n) is 3.90. The van der Waals surface area contributed by atoms with Crippen molar-refractivity contribution in [3.05, 3.63) is 65.1 Å². The number of amidine groups is 1. The predicted molar refractivity (Wildman–Crippen MR) is 133 cm³/mol. The van der Waals surface area contributed by atoms with Crippen LogP contribution in [0.4, 0.5) is 29.3 Å². The van der Waals surface area contributed by atoms with Gasteiger partial charge in [-0.2, -0.15) is 13.9 Å². The van der Waals surface area contributed by atoms with Crippen molar-refractivity contribution in [3.63, 3.8) is 0 Å². The monoisotopic (exact) mass is 578 g/mol. The maximum absolute atomic E-state index is 13.4. The van der Waals surface area contributed by atoms with Gasteiger partial charge >= 0.3 is 12.6 Å². The molecule has 3 aromatic rings. The molecule has 1 saturated heterocycles. The molecule has 1 aromatic heterocycles. The van der Waals surface area contributed by atoms with Gasteiger partial charge in [0.25, 0.3) is 0 Å². The van der Waals surface area contributed by atoms with E-state index in [1.807, 2.05) is 5.48 Å². The number of anilines is 1. The molecule has 2 aromatic carbocycles. The van der Waals surface area contributed by atoms with E-state index in [4.69, 9.17) is 0 Å². The van der Waals surface area contributed by atoms with Crippen LogP contribution in [0.25, 0.3) is 11.1 Å². The first kappa shape index (κ1) is 26.4. The van der Waals surface area contributed by atoms with Crippen LogP contribution >= 0.6 is 15.9 Å². The van der Waals surface area contributed by atoms with E-state index in [9.17, 15) is 28.0 Å². The first-order chi connectivity index (χ1) is 17.7.